The maximum Gasteiger partial charge on any atom is 0.0365 e. The summed E-state index contributed by atoms with van der Waals surface area (Å²) >= 11 is 0. The fourth-order valence-electron chi connectivity index (χ4n) is 1.72. The molecule has 0 radical (unpaired) electrons. The molecule has 3 nitrogen and oxygen atoms in total. The summed E-state index contributed by atoms with van der Waals surface area (Å²) in [6, 6.07) is 17.6. The van der Waals surface area contributed by atoms with Crippen molar-refractivity contribution >= 4 is 17.1 Å². The van der Waals surface area contributed by atoms with Crippen molar-refractivity contribution in [2.45, 2.75) is 13.8 Å². The lowest BCUT2D eigenvalue weighted by Gasteiger charge is -2.20. The molecule has 0 amide bonds. The maximum atomic E-state index is 5.37. The lowest BCUT2D eigenvalue weighted by atomic mass is 10.3. The molecule has 0 saturated heterocycles. The zero-order chi connectivity index (χ0) is 14.1. The zero-order valence-corrected chi connectivity index (χ0v) is 11.7. The molecule has 0 aliphatic heterocycles. The number of nitrogen functional groups attached to an aromatic ring is 2. The van der Waals surface area contributed by atoms with E-state index in [1.807, 2.05) is 6.07 Å². The highest BCUT2D eigenvalue weighted by Crippen LogP contribution is 2.11. The van der Waals surface area contributed by atoms with E-state index in [4.69, 9.17) is 11.5 Å². The van der Waals surface area contributed by atoms with Crippen molar-refractivity contribution in [3.8, 4) is 0 Å². The van der Waals surface area contributed by atoms with Crippen LogP contribution in [0.3, 0.4) is 0 Å². The van der Waals surface area contributed by atoms with E-state index in [2.05, 4.69) is 43.0 Å². The molecule has 102 valence electrons. The van der Waals surface area contributed by atoms with Crippen LogP contribution in [0.1, 0.15) is 13.8 Å². The van der Waals surface area contributed by atoms with E-state index in [1.54, 1.807) is 24.3 Å². The minimum absolute atomic E-state index is 0.749. The summed E-state index contributed by atoms with van der Waals surface area (Å²) in [7, 11) is 0. The predicted molar refractivity (Wildman–Crippen MR) is 85.3 cm³/mol. The van der Waals surface area contributed by atoms with Gasteiger partial charge in [-0.15, -0.1) is 0 Å². The van der Waals surface area contributed by atoms with Crippen LogP contribution in [0.15, 0.2) is 54.6 Å². The van der Waals surface area contributed by atoms with Gasteiger partial charge in [0, 0.05) is 30.2 Å². The monoisotopic (exact) mass is 257 g/mol. The summed E-state index contributed by atoms with van der Waals surface area (Å²) in [4.78, 5) is 2.33. The summed E-state index contributed by atoms with van der Waals surface area (Å²) in [5.74, 6) is 0. The van der Waals surface area contributed by atoms with Gasteiger partial charge in [0.15, 0.2) is 0 Å². The molecule has 0 spiro atoms. The summed E-state index contributed by atoms with van der Waals surface area (Å²) in [6.07, 6.45) is 0. The molecule has 0 bridgehead atoms. The van der Waals surface area contributed by atoms with Crippen LogP contribution in [-0.2, 0) is 0 Å². The first-order valence-corrected chi connectivity index (χ1v) is 6.58. The van der Waals surface area contributed by atoms with E-state index in [0.717, 1.165) is 24.5 Å². The van der Waals surface area contributed by atoms with Crippen LogP contribution in [0.4, 0.5) is 17.1 Å². The third-order valence-corrected chi connectivity index (χ3v) is 2.82. The fourth-order valence-corrected chi connectivity index (χ4v) is 1.72. The quantitative estimate of drug-likeness (QED) is 0.829. The van der Waals surface area contributed by atoms with E-state index in [9.17, 15) is 0 Å². The van der Waals surface area contributed by atoms with E-state index < -0.39 is 0 Å². The van der Waals surface area contributed by atoms with Crippen LogP contribution < -0.4 is 16.4 Å². The second-order valence-corrected chi connectivity index (χ2v) is 4.17. The normalized spacial score (nSPS) is 9.37. The largest absolute Gasteiger partial charge is 0.399 e. The Bertz CT molecular complexity index is 426. The average molecular weight is 257 g/mol. The molecule has 2 aromatic carbocycles. The van der Waals surface area contributed by atoms with Crippen LogP contribution in [0.2, 0.25) is 0 Å². The minimum atomic E-state index is 0.749. The van der Waals surface area contributed by atoms with Crippen molar-refractivity contribution in [3.63, 3.8) is 0 Å². The molecule has 2 rings (SSSR count). The highest BCUT2D eigenvalue weighted by molar-refractivity contribution is 5.48. The molecule has 2 aromatic rings. The molecule has 0 atom stereocenters. The Balaban J connectivity index is 0.000000200. The molecule has 4 N–H and O–H groups in total. The highest BCUT2D eigenvalue weighted by atomic mass is 15.1. The first-order chi connectivity index (χ1) is 9.17. The highest BCUT2D eigenvalue weighted by Gasteiger charge is 1.97. The molecular formula is C16H23N3. The molecule has 0 aromatic heterocycles. The number of nitrogens with zero attached hydrogens (tertiary/aromatic N) is 1. The number of rotatable bonds is 3. The second kappa shape index (κ2) is 8.03. The van der Waals surface area contributed by atoms with Gasteiger partial charge in [0.2, 0.25) is 0 Å². The maximum absolute atomic E-state index is 5.37. The number of anilines is 3. The van der Waals surface area contributed by atoms with Gasteiger partial charge in [0.1, 0.15) is 0 Å². The average Bonchev–Trinajstić information content (AvgIpc) is 2.45. The summed E-state index contributed by atoms with van der Waals surface area (Å²) in [5, 5.41) is 0. The molecule has 0 saturated carbocycles. The van der Waals surface area contributed by atoms with E-state index in [1.165, 1.54) is 5.69 Å². The Labute approximate surface area is 115 Å². The Morgan fingerprint density at radius 2 is 1.16 bits per heavy atom. The van der Waals surface area contributed by atoms with Crippen LogP contribution in [0, 0.1) is 0 Å². The molecule has 3 heteroatoms. The molecular weight excluding hydrogens is 234 g/mol. The van der Waals surface area contributed by atoms with E-state index in [0.29, 0.717) is 0 Å². The van der Waals surface area contributed by atoms with Crippen LogP contribution in [-0.4, -0.2) is 13.1 Å². The van der Waals surface area contributed by atoms with Gasteiger partial charge in [0.25, 0.3) is 0 Å². The van der Waals surface area contributed by atoms with Gasteiger partial charge >= 0.3 is 0 Å². The van der Waals surface area contributed by atoms with Crippen LogP contribution in [0.5, 0.6) is 0 Å². The van der Waals surface area contributed by atoms with Crippen molar-refractivity contribution in [2.24, 2.45) is 0 Å². The SMILES string of the molecule is CCN(CC)c1ccccc1.Nc1ccc(N)cc1. The van der Waals surface area contributed by atoms with Crippen LogP contribution >= 0.6 is 0 Å². The molecule has 0 fully saturated rings. The fraction of sp³-hybridized carbons (Fsp3) is 0.250. The third kappa shape index (κ3) is 5.34. The van der Waals surface area contributed by atoms with Gasteiger partial charge < -0.3 is 16.4 Å². The van der Waals surface area contributed by atoms with Crippen molar-refractivity contribution in [1.29, 1.82) is 0 Å². The van der Waals surface area contributed by atoms with Crippen molar-refractivity contribution in [3.05, 3.63) is 54.6 Å². The van der Waals surface area contributed by atoms with Gasteiger partial charge in [-0.3, -0.25) is 0 Å². The molecule has 0 heterocycles. The van der Waals surface area contributed by atoms with Crippen LogP contribution in [0.25, 0.3) is 0 Å². The van der Waals surface area contributed by atoms with Crippen molar-refractivity contribution in [1.82, 2.24) is 0 Å². The van der Waals surface area contributed by atoms with E-state index >= 15 is 0 Å². The van der Waals surface area contributed by atoms with Crippen molar-refractivity contribution < 1.29 is 0 Å². The molecule has 0 unspecified atom stereocenters. The van der Waals surface area contributed by atoms with Crippen molar-refractivity contribution in [2.75, 3.05) is 29.5 Å². The standard InChI is InChI=1S/C10H15N.C6H8N2/c1-3-11(4-2)10-8-6-5-7-9-10;7-5-1-2-6(8)4-3-5/h5-9H,3-4H2,1-2H3;1-4H,7-8H2. The first kappa shape index (κ1) is 14.9. The lowest BCUT2D eigenvalue weighted by molar-refractivity contribution is 0.866. The summed E-state index contributed by atoms with van der Waals surface area (Å²) in [6.45, 7) is 6.52. The number of hydrogen-bond acceptors (Lipinski definition) is 3. The molecule has 0 aliphatic rings. The Kier molecular flexibility index (Phi) is 6.30. The Morgan fingerprint density at radius 3 is 1.53 bits per heavy atom. The minimum Gasteiger partial charge on any atom is -0.399 e. The predicted octanol–water partition coefficient (Wildman–Crippen LogP) is 3.38. The number of benzene rings is 2. The third-order valence-electron chi connectivity index (χ3n) is 2.82. The van der Waals surface area contributed by atoms with Gasteiger partial charge in [-0.25, -0.2) is 0 Å². The smallest absolute Gasteiger partial charge is 0.0365 e. The number of hydrogen-bond donors (Lipinski definition) is 2. The number of para-hydroxylation sites is 1. The first-order valence-electron chi connectivity index (χ1n) is 6.58. The Hall–Kier alpha value is -2.16. The number of nitrogens with two attached hydrogens (primary N) is 2. The summed E-state index contributed by atoms with van der Waals surface area (Å²) in [5.41, 5.74) is 13.6. The molecule has 0 aliphatic carbocycles. The zero-order valence-electron chi connectivity index (χ0n) is 11.7. The van der Waals surface area contributed by atoms with Gasteiger partial charge in [-0.2, -0.15) is 0 Å². The van der Waals surface area contributed by atoms with Gasteiger partial charge in [-0.1, -0.05) is 18.2 Å². The van der Waals surface area contributed by atoms with Gasteiger partial charge in [0.05, 0.1) is 0 Å². The Morgan fingerprint density at radius 1 is 0.737 bits per heavy atom. The lowest BCUT2D eigenvalue weighted by Crippen LogP contribution is -2.21. The summed E-state index contributed by atoms with van der Waals surface area (Å²) < 4.78 is 0. The second-order valence-electron chi connectivity index (χ2n) is 4.17. The topological polar surface area (TPSA) is 55.3 Å². The van der Waals surface area contributed by atoms with Gasteiger partial charge in [-0.05, 0) is 50.2 Å². The molecule has 19 heavy (non-hydrogen) atoms. The van der Waals surface area contributed by atoms with E-state index in [-0.39, 0.29) is 0 Å².